The van der Waals surface area contributed by atoms with Crippen LogP contribution in [-0.4, -0.2) is 35.7 Å². The molecule has 0 amide bonds. The van der Waals surface area contributed by atoms with E-state index in [-0.39, 0.29) is 6.54 Å². The normalized spacial score (nSPS) is 27.2. The first-order valence-electron chi connectivity index (χ1n) is 7.77. The average Bonchev–Trinajstić information content (AvgIpc) is 2.47. The van der Waals surface area contributed by atoms with Crippen LogP contribution in [0.25, 0.3) is 0 Å². The topological polar surface area (TPSA) is 49.5 Å². The molecule has 0 aliphatic carbocycles. The van der Waals surface area contributed by atoms with Crippen molar-refractivity contribution in [3.8, 4) is 0 Å². The number of hydrogen-bond acceptors (Lipinski definition) is 3. The summed E-state index contributed by atoms with van der Waals surface area (Å²) in [6.45, 7) is 6.94. The van der Waals surface area contributed by atoms with Crippen molar-refractivity contribution in [1.82, 2.24) is 4.90 Å². The molecule has 20 heavy (non-hydrogen) atoms. The zero-order valence-corrected chi connectivity index (χ0v) is 12.8. The van der Waals surface area contributed by atoms with Gasteiger partial charge in [-0.3, -0.25) is 0 Å². The molecule has 0 spiro atoms. The van der Waals surface area contributed by atoms with Crippen LogP contribution in [0.15, 0.2) is 30.3 Å². The molecule has 0 bridgehead atoms. The molecule has 1 heterocycles. The van der Waals surface area contributed by atoms with Gasteiger partial charge in [0.05, 0.1) is 0 Å². The van der Waals surface area contributed by atoms with Crippen molar-refractivity contribution < 1.29 is 5.11 Å². The Bertz CT molecular complexity index is 409. The number of piperidine rings is 1. The highest BCUT2D eigenvalue weighted by atomic mass is 16.3. The van der Waals surface area contributed by atoms with Crippen LogP contribution in [-0.2, 0) is 5.60 Å². The van der Waals surface area contributed by atoms with Crippen molar-refractivity contribution in [3.63, 3.8) is 0 Å². The van der Waals surface area contributed by atoms with Gasteiger partial charge in [-0.15, -0.1) is 0 Å². The number of likely N-dealkylation sites (tertiary alicyclic amines) is 1. The third-order valence-electron chi connectivity index (χ3n) is 4.74. The maximum absolute atomic E-state index is 10.8. The van der Waals surface area contributed by atoms with Gasteiger partial charge in [0.2, 0.25) is 0 Å². The Morgan fingerprint density at radius 1 is 1.30 bits per heavy atom. The highest BCUT2D eigenvalue weighted by molar-refractivity contribution is 5.22. The molecule has 1 fully saturated rings. The lowest BCUT2D eigenvalue weighted by Gasteiger charge is -2.38. The highest BCUT2D eigenvalue weighted by Crippen LogP contribution is 2.27. The quantitative estimate of drug-likeness (QED) is 0.868. The lowest BCUT2D eigenvalue weighted by molar-refractivity contribution is 0.0149. The van der Waals surface area contributed by atoms with Crippen LogP contribution in [0.4, 0.5) is 0 Å². The molecule has 0 radical (unpaired) electrons. The summed E-state index contributed by atoms with van der Waals surface area (Å²) in [6.07, 6.45) is 3.22. The van der Waals surface area contributed by atoms with Crippen molar-refractivity contribution in [2.24, 2.45) is 11.7 Å². The molecular formula is C17H28N2O. The van der Waals surface area contributed by atoms with Crippen molar-refractivity contribution in [1.29, 1.82) is 0 Å². The fraction of sp³-hybridized carbons (Fsp3) is 0.647. The molecule has 2 rings (SSSR count). The van der Waals surface area contributed by atoms with Crippen LogP contribution >= 0.6 is 0 Å². The Morgan fingerprint density at radius 2 is 2.00 bits per heavy atom. The van der Waals surface area contributed by atoms with E-state index in [1.54, 1.807) is 0 Å². The van der Waals surface area contributed by atoms with Crippen molar-refractivity contribution in [2.45, 2.75) is 44.8 Å². The second kappa shape index (κ2) is 6.70. The van der Waals surface area contributed by atoms with Gasteiger partial charge in [0, 0.05) is 19.1 Å². The molecule has 3 heteroatoms. The third kappa shape index (κ3) is 3.60. The molecule has 1 saturated heterocycles. The Morgan fingerprint density at radius 3 is 2.60 bits per heavy atom. The Balaban J connectivity index is 1.97. The van der Waals surface area contributed by atoms with E-state index in [0.29, 0.717) is 12.5 Å². The van der Waals surface area contributed by atoms with Gasteiger partial charge >= 0.3 is 0 Å². The zero-order valence-electron chi connectivity index (χ0n) is 12.8. The summed E-state index contributed by atoms with van der Waals surface area (Å²) < 4.78 is 0. The standard InChI is InChI=1S/C17H28N2O/c1-14-8-10-19(15(2)12-14)11-9-17(20,13-18)16-6-4-3-5-7-16/h3-7,14-15,20H,8-13,18H2,1-2H3. The lowest BCUT2D eigenvalue weighted by atomic mass is 9.88. The smallest absolute Gasteiger partial charge is 0.103 e. The number of benzene rings is 1. The summed E-state index contributed by atoms with van der Waals surface area (Å²) in [7, 11) is 0. The molecule has 0 aromatic heterocycles. The number of hydrogen-bond donors (Lipinski definition) is 2. The van der Waals surface area contributed by atoms with Crippen molar-refractivity contribution >= 4 is 0 Å². The molecule has 3 nitrogen and oxygen atoms in total. The minimum atomic E-state index is -0.899. The van der Waals surface area contributed by atoms with E-state index < -0.39 is 5.60 Å². The van der Waals surface area contributed by atoms with Crippen molar-refractivity contribution in [2.75, 3.05) is 19.6 Å². The first-order valence-corrected chi connectivity index (χ1v) is 7.77. The van der Waals surface area contributed by atoms with E-state index in [9.17, 15) is 5.11 Å². The van der Waals surface area contributed by atoms with E-state index in [1.165, 1.54) is 12.8 Å². The molecule has 0 saturated carbocycles. The Hall–Kier alpha value is -0.900. The van der Waals surface area contributed by atoms with E-state index in [2.05, 4.69) is 18.7 Å². The summed E-state index contributed by atoms with van der Waals surface area (Å²) in [5, 5.41) is 10.8. The first kappa shape index (κ1) is 15.5. The van der Waals surface area contributed by atoms with Gasteiger partial charge in [0.1, 0.15) is 5.60 Å². The molecule has 3 atom stereocenters. The molecule has 1 aliphatic rings. The fourth-order valence-electron chi connectivity index (χ4n) is 3.23. The minimum Gasteiger partial charge on any atom is -0.384 e. The maximum atomic E-state index is 10.8. The van der Waals surface area contributed by atoms with Crippen LogP contribution in [0.3, 0.4) is 0 Å². The predicted molar refractivity (Wildman–Crippen MR) is 83.4 cm³/mol. The Kier molecular flexibility index (Phi) is 5.19. The number of nitrogens with zero attached hydrogens (tertiary/aromatic N) is 1. The van der Waals surface area contributed by atoms with Gasteiger partial charge in [0.25, 0.3) is 0 Å². The number of nitrogens with two attached hydrogens (primary N) is 1. The average molecular weight is 276 g/mol. The van der Waals surface area contributed by atoms with Crippen LogP contribution in [0, 0.1) is 5.92 Å². The largest absolute Gasteiger partial charge is 0.384 e. The summed E-state index contributed by atoms with van der Waals surface area (Å²) in [6, 6.07) is 10.4. The summed E-state index contributed by atoms with van der Waals surface area (Å²) >= 11 is 0. The molecule has 3 N–H and O–H groups in total. The van der Waals surface area contributed by atoms with Crippen LogP contribution in [0.1, 0.15) is 38.7 Å². The summed E-state index contributed by atoms with van der Waals surface area (Å²) in [5.74, 6) is 0.823. The van der Waals surface area contributed by atoms with Crippen LogP contribution < -0.4 is 5.73 Å². The van der Waals surface area contributed by atoms with Gasteiger partial charge in [-0.1, -0.05) is 37.3 Å². The van der Waals surface area contributed by atoms with Gasteiger partial charge in [0.15, 0.2) is 0 Å². The minimum absolute atomic E-state index is 0.273. The van der Waals surface area contributed by atoms with Gasteiger partial charge in [-0.25, -0.2) is 0 Å². The predicted octanol–water partition coefficient (Wildman–Crippen LogP) is 2.34. The molecule has 1 aromatic rings. The second-order valence-corrected chi connectivity index (χ2v) is 6.37. The second-order valence-electron chi connectivity index (χ2n) is 6.37. The molecule has 1 aromatic carbocycles. The molecule has 112 valence electrons. The van der Waals surface area contributed by atoms with Crippen LogP contribution in [0.5, 0.6) is 0 Å². The summed E-state index contributed by atoms with van der Waals surface area (Å²) in [5.41, 5.74) is 5.88. The highest BCUT2D eigenvalue weighted by Gasteiger charge is 2.30. The van der Waals surface area contributed by atoms with E-state index in [4.69, 9.17) is 5.73 Å². The van der Waals surface area contributed by atoms with E-state index >= 15 is 0 Å². The Labute approximate surface area is 122 Å². The first-order chi connectivity index (χ1) is 9.55. The van der Waals surface area contributed by atoms with E-state index in [0.717, 1.165) is 24.6 Å². The third-order valence-corrected chi connectivity index (χ3v) is 4.74. The summed E-state index contributed by atoms with van der Waals surface area (Å²) in [4.78, 5) is 2.49. The lowest BCUT2D eigenvalue weighted by Crippen LogP contribution is -2.44. The monoisotopic (exact) mass is 276 g/mol. The van der Waals surface area contributed by atoms with Gasteiger partial charge in [-0.05, 0) is 44.2 Å². The van der Waals surface area contributed by atoms with Gasteiger partial charge in [-0.2, -0.15) is 0 Å². The van der Waals surface area contributed by atoms with Crippen LogP contribution in [0.2, 0.25) is 0 Å². The molecule has 1 aliphatic heterocycles. The van der Waals surface area contributed by atoms with E-state index in [1.807, 2.05) is 30.3 Å². The van der Waals surface area contributed by atoms with Gasteiger partial charge < -0.3 is 15.7 Å². The fourth-order valence-corrected chi connectivity index (χ4v) is 3.23. The number of rotatable bonds is 5. The molecular weight excluding hydrogens is 248 g/mol. The zero-order chi connectivity index (χ0) is 14.6. The molecule has 3 unspecified atom stereocenters. The number of aliphatic hydroxyl groups is 1. The SMILES string of the molecule is CC1CCN(CCC(O)(CN)c2ccccc2)C(C)C1. The van der Waals surface area contributed by atoms with Crippen molar-refractivity contribution in [3.05, 3.63) is 35.9 Å². The maximum Gasteiger partial charge on any atom is 0.103 e.